The highest BCUT2D eigenvalue weighted by Gasteiger charge is 2.28. The van der Waals surface area contributed by atoms with Crippen molar-refractivity contribution < 1.29 is 15.1 Å². The quantitative estimate of drug-likeness (QED) is 0.864. The molecule has 0 fully saturated rings. The summed E-state index contributed by atoms with van der Waals surface area (Å²) in [5.41, 5.74) is 7.45. The molecule has 9 heteroatoms. The summed E-state index contributed by atoms with van der Waals surface area (Å²) >= 11 is 12.1. The van der Waals surface area contributed by atoms with E-state index < -0.39 is 6.29 Å². The number of nitrogens with zero attached hydrogens (tertiary/aromatic N) is 1. The standard InChI is InChI=1S/C12H15Cl2N3O2.ClH.H2O/c1-2-3-10(18)19-17-6-7-9(16-12(17)15)5-4-8(13)11(7)14;;/h4-5,12,16H,2-3,6,15H2,1H3;1H;1H2. The minimum atomic E-state index is -0.606. The van der Waals surface area contributed by atoms with Gasteiger partial charge in [-0.3, -0.25) is 10.5 Å². The highest BCUT2D eigenvalue weighted by atomic mass is 35.5. The smallest absolute Gasteiger partial charge is 0.325 e. The van der Waals surface area contributed by atoms with Crippen LogP contribution in [-0.2, 0) is 16.2 Å². The first-order valence-electron chi connectivity index (χ1n) is 5.99. The van der Waals surface area contributed by atoms with Gasteiger partial charge in [-0.15, -0.1) is 12.4 Å². The molecule has 6 nitrogen and oxygen atoms in total. The second-order valence-corrected chi connectivity index (χ2v) is 5.05. The maximum atomic E-state index is 11.5. The lowest BCUT2D eigenvalue weighted by molar-refractivity contribution is -0.204. The fraction of sp³-hybridized carbons (Fsp3) is 0.417. The van der Waals surface area contributed by atoms with E-state index in [-0.39, 0.29) is 23.9 Å². The molecule has 0 aromatic heterocycles. The van der Waals surface area contributed by atoms with Gasteiger partial charge < -0.3 is 15.6 Å². The van der Waals surface area contributed by atoms with Gasteiger partial charge in [-0.05, 0) is 18.6 Å². The van der Waals surface area contributed by atoms with Crippen molar-refractivity contribution in [1.82, 2.24) is 5.06 Å². The number of hydroxylamine groups is 2. The average molecular weight is 359 g/mol. The molecule has 1 aromatic carbocycles. The van der Waals surface area contributed by atoms with E-state index in [1.807, 2.05) is 6.92 Å². The van der Waals surface area contributed by atoms with Gasteiger partial charge in [-0.25, -0.2) is 0 Å². The maximum absolute atomic E-state index is 11.5. The lowest BCUT2D eigenvalue weighted by Gasteiger charge is -2.34. The summed E-state index contributed by atoms with van der Waals surface area (Å²) in [6, 6.07) is 3.50. The molecule has 0 amide bonds. The number of halogens is 3. The lowest BCUT2D eigenvalue weighted by Crippen LogP contribution is -2.50. The monoisotopic (exact) mass is 357 g/mol. The van der Waals surface area contributed by atoms with Crippen molar-refractivity contribution in [3.05, 3.63) is 27.7 Å². The number of hydrogen-bond acceptors (Lipinski definition) is 5. The van der Waals surface area contributed by atoms with Crippen LogP contribution in [0.5, 0.6) is 0 Å². The third-order valence-electron chi connectivity index (χ3n) is 2.80. The Morgan fingerprint density at radius 2 is 2.19 bits per heavy atom. The molecule has 120 valence electrons. The zero-order chi connectivity index (χ0) is 14.0. The zero-order valence-corrected chi connectivity index (χ0v) is 13.7. The molecule has 1 aliphatic heterocycles. The van der Waals surface area contributed by atoms with Gasteiger partial charge >= 0.3 is 5.97 Å². The summed E-state index contributed by atoms with van der Waals surface area (Å²) in [6.07, 6.45) is 0.461. The molecule has 1 aromatic rings. The number of anilines is 1. The fourth-order valence-corrected chi connectivity index (χ4v) is 2.24. The highest BCUT2D eigenvalue weighted by molar-refractivity contribution is 6.42. The van der Waals surface area contributed by atoms with Crippen LogP contribution in [0.4, 0.5) is 5.69 Å². The van der Waals surface area contributed by atoms with Crippen LogP contribution in [0, 0.1) is 0 Å². The molecule has 1 heterocycles. The number of nitrogens with one attached hydrogen (secondary N) is 1. The van der Waals surface area contributed by atoms with Crippen LogP contribution >= 0.6 is 35.6 Å². The van der Waals surface area contributed by atoms with Gasteiger partial charge in [0.05, 0.1) is 16.6 Å². The first-order valence-corrected chi connectivity index (χ1v) is 6.75. The molecule has 5 N–H and O–H groups in total. The Morgan fingerprint density at radius 1 is 1.52 bits per heavy atom. The van der Waals surface area contributed by atoms with E-state index in [1.165, 1.54) is 5.06 Å². The summed E-state index contributed by atoms with van der Waals surface area (Å²) in [5.74, 6) is -0.318. The maximum Gasteiger partial charge on any atom is 0.325 e. The molecule has 0 aliphatic carbocycles. The van der Waals surface area contributed by atoms with Crippen LogP contribution in [0.15, 0.2) is 12.1 Å². The molecule has 1 aliphatic rings. The van der Waals surface area contributed by atoms with Crippen molar-refractivity contribution in [2.75, 3.05) is 5.32 Å². The molecule has 0 radical (unpaired) electrons. The predicted octanol–water partition coefficient (Wildman–Crippen LogP) is 2.32. The Kier molecular flexibility index (Phi) is 8.31. The van der Waals surface area contributed by atoms with Gasteiger partial charge in [-0.1, -0.05) is 35.2 Å². The van der Waals surface area contributed by atoms with E-state index in [4.69, 9.17) is 33.8 Å². The predicted molar refractivity (Wildman–Crippen MR) is 85.5 cm³/mol. The molecule has 21 heavy (non-hydrogen) atoms. The number of carbonyl (C=O) groups is 1. The largest absolute Gasteiger partial charge is 0.412 e. The summed E-state index contributed by atoms with van der Waals surface area (Å²) in [4.78, 5) is 16.7. The van der Waals surface area contributed by atoms with Crippen molar-refractivity contribution in [2.24, 2.45) is 5.73 Å². The number of nitrogens with two attached hydrogens (primary N) is 1. The first-order chi connectivity index (χ1) is 9.02. The molecule has 0 saturated carbocycles. The number of hydrogen-bond donors (Lipinski definition) is 2. The van der Waals surface area contributed by atoms with Crippen molar-refractivity contribution >= 4 is 47.3 Å². The van der Waals surface area contributed by atoms with Gasteiger partial charge in [0.25, 0.3) is 0 Å². The van der Waals surface area contributed by atoms with E-state index in [9.17, 15) is 4.79 Å². The van der Waals surface area contributed by atoms with Crippen LogP contribution in [-0.4, -0.2) is 22.8 Å². The zero-order valence-electron chi connectivity index (χ0n) is 11.4. The minimum absolute atomic E-state index is 0. The van der Waals surface area contributed by atoms with Crippen molar-refractivity contribution in [3.8, 4) is 0 Å². The molecule has 0 saturated heterocycles. The minimum Gasteiger partial charge on any atom is -0.412 e. The Balaban J connectivity index is 0.00000200. The molecular weight excluding hydrogens is 341 g/mol. The Labute approximate surface area is 139 Å². The van der Waals surface area contributed by atoms with Gasteiger partial charge in [0.1, 0.15) is 0 Å². The van der Waals surface area contributed by atoms with Crippen molar-refractivity contribution in [2.45, 2.75) is 32.6 Å². The van der Waals surface area contributed by atoms with Crippen LogP contribution in [0.2, 0.25) is 10.0 Å². The van der Waals surface area contributed by atoms with E-state index in [0.29, 0.717) is 23.0 Å². The number of benzene rings is 1. The normalized spacial score (nSPS) is 16.9. The summed E-state index contributed by atoms with van der Waals surface area (Å²) in [6.45, 7) is 2.21. The molecular formula is C12H18Cl3N3O3. The summed E-state index contributed by atoms with van der Waals surface area (Å²) < 4.78 is 0. The van der Waals surface area contributed by atoms with Crippen LogP contribution in [0.3, 0.4) is 0 Å². The number of rotatable bonds is 3. The summed E-state index contributed by atoms with van der Waals surface area (Å²) in [7, 11) is 0. The highest BCUT2D eigenvalue weighted by Crippen LogP contribution is 2.35. The van der Waals surface area contributed by atoms with E-state index >= 15 is 0 Å². The fourth-order valence-electron chi connectivity index (χ4n) is 1.84. The number of fused-ring (bicyclic) bond motifs is 1. The van der Waals surface area contributed by atoms with Gasteiger partial charge in [0.2, 0.25) is 0 Å². The van der Waals surface area contributed by atoms with Gasteiger partial charge in [-0.2, -0.15) is 0 Å². The molecule has 2 rings (SSSR count). The summed E-state index contributed by atoms with van der Waals surface area (Å²) in [5, 5.41) is 5.27. The Bertz CT molecular complexity index is 502. The first kappa shape index (κ1) is 20.2. The van der Waals surface area contributed by atoms with Crippen LogP contribution < -0.4 is 11.1 Å². The van der Waals surface area contributed by atoms with Crippen LogP contribution in [0.25, 0.3) is 0 Å². The second kappa shape index (κ2) is 8.63. The van der Waals surface area contributed by atoms with Crippen molar-refractivity contribution in [1.29, 1.82) is 0 Å². The van der Waals surface area contributed by atoms with Gasteiger partial charge in [0.15, 0.2) is 6.29 Å². The molecule has 0 spiro atoms. The lowest BCUT2D eigenvalue weighted by atomic mass is 10.1. The SMILES string of the molecule is CCCC(=O)ON1Cc2c(ccc(Cl)c2Cl)NC1N.Cl.O. The Hall–Kier alpha value is -0.760. The van der Waals surface area contributed by atoms with E-state index in [1.54, 1.807) is 12.1 Å². The van der Waals surface area contributed by atoms with E-state index in [2.05, 4.69) is 5.32 Å². The van der Waals surface area contributed by atoms with Gasteiger partial charge in [0, 0.05) is 17.7 Å². The van der Waals surface area contributed by atoms with Crippen molar-refractivity contribution in [3.63, 3.8) is 0 Å². The van der Waals surface area contributed by atoms with E-state index in [0.717, 1.165) is 17.7 Å². The topological polar surface area (TPSA) is 99.1 Å². The molecule has 1 atom stereocenters. The molecule has 1 unspecified atom stereocenters. The second-order valence-electron chi connectivity index (χ2n) is 4.27. The molecule has 0 bridgehead atoms. The number of carbonyl (C=O) groups excluding carboxylic acids is 1. The third kappa shape index (κ3) is 4.60. The average Bonchev–Trinajstić information content (AvgIpc) is 2.36. The van der Waals surface area contributed by atoms with Crippen LogP contribution in [0.1, 0.15) is 25.3 Å². The Morgan fingerprint density at radius 3 is 2.81 bits per heavy atom. The third-order valence-corrected chi connectivity index (χ3v) is 3.64.